The second-order valence-electron chi connectivity index (χ2n) is 4.37. The number of rotatable bonds is 6. The van der Waals surface area contributed by atoms with Gasteiger partial charge in [0, 0.05) is 0 Å². The molecule has 1 rings (SSSR count). The zero-order chi connectivity index (χ0) is 15.2. The van der Waals surface area contributed by atoms with E-state index in [1.165, 1.54) is 0 Å². The fourth-order valence-corrected chi connectivity index (χ4v) is 1.45. The highest BCUT2D eigenvalue weighted by Crippen LogP contribution is 2.25. The number of carboxylic acids is 1. The number of carbonyl (C=O) groups is 3. The van der Waals surface area contributed by atoms with E-state index in [0.717, 1.165) is 6.92 Å². The number of aliphatic carboxylic acids is 1. The summed E-state index contributed by atoms with van der Waals surface area (Å²) in [7, 11) is 0. The summed E-state index contributed by atoms with van der Waals surface area (Å²) in [4.78, 5) is 38.0. The van der Waals surface area contributed by atoms with Crippen LogP contribution in [0.5, 0.6) is 0 Å². The molecule has 7 heteroatoms. The number of benzene rings is 1. The Balaban J connectivity index is 2.74. The van der Waals surface area contributed by atoms with Crippen LogP contribution in [-0.2, 0) is 30.6 Å². The fraction of sp³-hybridized carbons (Fsp3) is 0.308. The van der Waals surface area contributed by atoms with Crippen LogP contribution in [-0.4, -0.2) is 23.0 Å². The van der Waals surface area contributed by atoms with E-state index in [1.807, 2.05) is 0 Å². The van der Waals surface area contributed by atoms with E-state index < -0.39 is 29.7 Å². The Morgan fingerprint density at radius 3 is 2.35 bits per heavy atom. The molecule has 3 N–H and O–H groups in total. The van der Waals surface area contributed by atoms with E-state index in [-0.39, 0.29) is 6.61 Å². The Hall–Kier alpha value is -2.41. The maximum Gasteiger partial charge on any atom is 0.326 e. The van der Waals surface area contributed by atoms with Gasteiger partial charge < -0.3 is 14.7 Å². The fourth-order valence-electron chi connectivity index (χ4n) is 1.45. The van der Waals surface area contributed by atoms with Crippen molar-refractivity contribution in [2.75, 3.05) is 0 Å². The van der Waals surface area contributed by atoms with Gasteiger partial charge in [-0.05, 0) is 12.5 Å². The van der Waals surface area contributed by atoms with Crippen LogP contribution in [0, 0.1) is 5.41 Å². The lowest BCUT2D eigenvalue weighted by molar-refractivity contribution is -0.173. The van der Waals surface area contributed by atoms with Crippen molar-refractivity contribution in [3.63, 3.8) is 0 Å². The van der Waals surface area contributed by atoms with Crippen molar-refractivity contribution in [1.82, 2.24) is 0 Å². The zero-order valence-corrected chi connectivity index (χ0v) is 10.9. The zero-order valence-electron chi connectivity index (χ0n) is 10.9. The molecule has 0 saturated carbocycles. The summed E-state index contributed by atoms with van der Waals surface area (Å²) in [5.74, 6) is 1.13. The van der Waals surface area contributed by atoms with Crippen molar-refractivity contribution in [3.8, 4) is 0 Å². The molecule has 0 spiro atoms. The summed E-state index contributed by atoms with van der Waals surface area (Å²) < 4.78 is 4.93. The SMILES string of the molecule is C[C@@](CC(=O)ON)(C(=O)O)C(=O)OCc1ccccc1. The second-order valence-corrected chi connectivity index (χ2v) is 4.37. The number of esters is 1. The predicted octanol–water partition coefficient (Wildman–Crippen LogP) is 0.628. The number of hydrogen-bond donors (Lipinski definition) is 2. The molecule has 0 saturated heterocycles. The van der Waals surface area contributed by atoms with Gasteiger partial charge in [-0.25, -0.2) is 0 Å². The van der Waals surface area contributed by atoms with Gasteiger partial charge in [0.05, 0.1) is 6.42 Å². The van der Waals surface area contributed by atoms with Crippen molar-refractivity contribution < 1.29 is 29.1 Å². The van der Waals surface area contributed by atoms with Crippen LogP contribution in [0.2, 0.25) is 0 Å². The van der Waals surface area contributed by atoms with Crippen LogP contribution in [0.25, 0.3) is 0 Å². The minimum atomic E-state index is -2.04. The molecule has 1 aromatic rings. The smallest absolute Gasteiger partial charge is 0.326 e. The molecule has 1 aromatic carbocycles. The third kappa shape index (κ3) is 3.79. The average molecular weight is 281 g/mol. The second kappa shape index (κ2) is 6.67. The van der Waals surface area contributed by atoms with Gasteiger partial charge in [-0.3, -0.25) is 14.4 Å². The minimum Gasteiger partial charge on any atom is -0.480 e. The number of ether oxygens (including phenoxy) is 1. The largest absolute Gasteiger partial charge is 0.480 e. The number of hydrogen-bond acceptors (Lipinski definition) is 6. The summed E-state index contributed by atoms with van der Waals surface area (Å²) in [6.07, 6.45) is -0.702. The highest BCUT2D eigenvalue weighted by molar-refractivity contribution is 6.01. The predicted molar refractivity (Wildman–Crippen MR) is 66.9 cm³/mol. The summed E-state index contributed by atoms with van der Waals surface area (Å²) in [5, 5.41) is 9.10. The number of carbonyl (C=O) groups excluding carboxylic acids is 2. The lowest BCUT2D eigenvalue weighted by atomic mass is 9.87. The highest BCUT2D eigenvalue weighted by Gasteiger charge is 2.45. The lowest BCUT2D eigenvalue weighted by Crippen LogP contribution is -2.40. The Morgan fingerprint density at radius 2 is 1.85 bits per heavy atom. The third-order valence-electron chi connectivity index (χ3n) is 2.76. The molecule has 0 amide bonds. The molecule has 0 aromatic heterocycles. The first-order valence-electron chi connectivity index (χ1n) is 5.74. The quantitative estimate of drug-likeness (QED) is 0.446. The van der Waals surface area contributed by atoms with Crippen LogP contribution in [0.1, 0.15) is 18.9 Å². The molecule has 0 fully saturated rings. The van der Waals surface area contributed by atoms with Gasteiger partial charge in [-0.15, -0.1) is 0 Å². The van der Waals surface area contributed by atoms with Crippen LogP contribution in [0.3, 0.4) is 0 Å². The van der Waals surface area contributed by atoms with E-state index in [1.54, 1.807) is 30.3 Å². The molecule has 0 bridgehead atoms. The van der Waals surface area contributed by atoms with Crippen molar-refractivity contribution in [1.29, 1.82) is 0 Å². The molecule has 0 aliphatic heterocycles. The van der Waals surface area contributed by atoms with Gasteiger partial charge in [0.2, 0.25) is 0 Å². The molecular weight excluding hydrogens is 266 g/mol. The maximum atomic E-state index is 11.9. The third-order valence-corrected chi connectivity index (χ3v) is 2.76. The lowest BCUT2D eigenvalue weighted by Gasteiger charge is -2.21. The van der Waals surface area contributed by atoms with Crippen molar-refractivity contribution >= 4 is 17.9 Å². The Kier molecular flexibility index (Phi) is 5.22. The summed E-state index contributed by atoms with van der Waals surface area (Å²) in [6.45, 7) is 1.000. The van der Waals surface area contributed by atoms with Crippen LogP contribution < -0.4 is 5.90 Å². The molecule has 0 aliphatic carbocycles. The Bertz CT molecular complexity index is 501. The summed E-state index contributed by atoms with van der Waals surface area (Å²) in [5.41, 5.74) is -1.33. The molecule has 0 radical (unpaired) electrons. The van der Waals surface area contributed by atoms with Gasteiger partial charge in [0.1, 0.15) is 6.61 Å². The molecule has 0 unspecified atom stereocenters. The number of carboxylic acid groups (broad SMARTS) is 1. The summed E-state index contributed by atoms with van der Waals surface area (Å²) in [6, 6.07) is 8.75. The topological polar surface area (TPSA) is 116 Å². The van der Waals surface area contributed by atoms with Crippen molar-refractivity contribution in [2.24, 2.45) is 11.3 Å². The molecular formula is C13H15NO6. The molecule has 108 valence electrons. The molecule has 0 heterocycles. The first-order valence-corrected chi connectivity index (χ1v) is 5.74. The van der Waals surface area contributed by atoms with Crippen molar-refractivity contribution in [2.45, 2.75) is 20.0 Å². The highest BCUT2D eigenvalue weighted by atomic mass is 16.7. The maximum absolute atomic E-state index is 11.9. The van der Waals surface area contributed by atoms with Gasteiger partial charge in [0.15, 0.2) is 5.41 Å². The minimum absolute atomic E-state index is 0.0831. The van der Waals surface area contributed by atoms with Gasteiger partial charge in [-0.1, -0.05) is 30.3 Å². The van der Waals surface area contributed by atoms with Crippen LogP contribution >= 0.6 is 0 Å². The van der Waals surface area contributed by atoms with Gasteiger partial charge in [-0.2, -0.15) is 5.90 Å². The van der Waals surface area contributed by atoms with Crippen LogP contribution in [0.4, 0.5) is 0 Å². The Morgan fingerprint density at radius 1 is 1.25 bits per heavy atom. The van der Waals surface area contributed by atoms with Crippen LogP contribution in [0.15, 0.2) is 30.3 Å². The first-order chi connectivity index (χ1) is 9.40. The molecule has 0 aliphatic rings. The first kappa shape index (κ1) is 15.6. The van der Waals surface area contributed by atoms with E-state index in [9.17, 15) is 14.4 Å². The van der Waals surface area contributed by atoms with E-state index >= 15 is 0 Å². The molecule has 1 atom stereocenters. The summed E-state index contributed by atoms with van der Waals surface area (Å²) >= 11 is 0. The molecule has 20 heavy (non-hydrogen) atoms. The Labute approximate surface area is 115 Å². The van der Waals surface area contributed by atoms with E-state index in [4.69, 9.17) is 9.84 Å². The standard InChI is InChI=1S/C13H15NO6/c1-13(11(16)17,7-10(15)20-14)12(18)19-8-9-5-3-2-4-6-9/h2-6H,7-8,14H2,1H3,(H,16,17)/t13-/m1/s1. The number of nitrogens with two attached hydrogens (primary N) is 1. The van der Waals surface area contributed by atoms with Gasteiger partial charge >= 0.3 is 17.9 Å². The van der Waals surface area contributed by atoms with E-state index in [2.05, 4.69) is 10.7 Å². The molecule has 7 nitrogen and oxygen atoms in total. The van der Waals surface area contributed by atoms with E-state index in [0.29, 0.717) is 5.56 Å². The average Bonchev–Trinajstić information content (AvgIpc) is 2.45. The normalized spacial score (nSPS) is 13.1. The van der Waals surface area contributed by atoms with Crippen molar-refractivity contribution in [3.05, 3.63) is 35.9 Å². The van der Waals surface area contributed by atoms with Gasteiger partial charge in [0.25, 0.3) is 0 Å². The monoisotopic (exact) mass is 281 g/mol.